The van der Waals surface area contributed by atoms with Gasteiger partial charge in [0.05, 0.1) is 12.6 Å². The van der Waals surface area contributed by atoms with Gasteiger partial charge in [-0.05, 0) is 21.0 Å². The maximum absolute atomic E-state index is 11.7. The van der Waals surface area contributed by atoms with Crippen LogP contribution < -0.4 is 10.6 Å². The van der Waals surface area contributed by atoms with Gasteiger partial charge in [-0.2, -0.15) is 0 Å². The number of hydrogen-bond acceptors (Lipinski definition) is 4. The highest BCUT2D eigenvalue weighted by Crippen LogP contribution is 2.13. The first kappa shape index (κ1) is 17.1. The molecule has 0 rings (SSSR count). The molecule has 106 valence electrons. The molecule has 1 unspecified atom stereocenters. The number of ketones is 1. The first-order valence-electron chi connectivity index (χ1n) is 6.33. The Labute approximate surface area is 110 Å². The lowest BCUT2D eigenvalue weighted by Crippen LogP contribution is -2.46. The number of likely N-dealkylation sites (N-methyl/N-ethyl adjacent to an activating group) is 1. The molecule has 0 aliphatic rings. The molecule has 2 N–H and O–H groups in total. The van der Waals surface area contributed by atoms with Gasteiger partial charge in [0.2, 0.25) is 5.91 Å². The summed E-state index contributed by atoms with van der Waals surface area (Å²) in [6, 6.07) is -0.349. The van der Waals surface area contributed by atoms with Crippen molar-refractivity contribution in [2.24, 2.45) is 5.41 Å². The van der Waals surface area contributed by atoms with Gasteiger partial charge in [-0.1, -0.05) is 20.8 Å². The third kappa shape index (κ3) is 7.40. The van der Waals surface area contributed by atoms with Crippen molar-refractivity contribution in [3.63, 3.8) is 0 Å². The van der Waals surface area contributed by atoms with Gasteiger partial charge in [0.25, 0.3) is 0 Å². The van der Waals surface area contributed by atoms with Crippen LogP contribution in [0.2, 0.25) is 0 Å². The van der Waals surface area contributed by atoms with Crippen LogP contribution in [0.1, 0.15) is 27.7 Å². The van der Waals surface area contributed by atoms with Crippen molar-refractivity contribution in [2.75, 3.05) is 33.7 Å². The molecule has 0 aliphatic carbocycles. The van der Waals surface area contributed by atoms with Crippen LogP contribution in [0.3, 0.4) is 0 Å². The fourth-order valence-corrected chi connectivity index (χ4v) is 1.16. The molecule has 0 saturated carbocycles. The molecule has 0 radical (unpaired) electrons. The van der Waals surface area contributed by atoms with Gasteiger partial charge < -0.3 is 10.2 Å². The van der Waals surface area contributed by atoms with Crippen LogP contribution in [-0.2, 0) is 9.59 Å². The van der Waals surface area contributed by atoms with E-state index in [1.165, 1.54) is 0 Å². The van der Waals surface area contributed by atoms with Crippen molar-refractivity contribution in [2.45, 2.75) is 33.7 Å². The maximum atomic E-state index is 11.7. The smallest absolute Gasteiger partial charge is 0.236 e. The molecule has 5 nitrogen and oxygen atoms in total. The number of carbonyl (C=O) groups is 2. The fraction of sp³-hybridized carbons (Fsp3) is 0.846. The van der Waals surface area contributed by atoms with Gasteiger partial charge in [-0.3, -0.25) is 14.9 Å². The fourth-order valence-electron chi connectivity index (χ4n) is 1.16. The first-order chi connectivity index (χ1) is 8.14. The predicted molar refractivity (Wildman–Crippen MR) is 73.5 cm³/mol. The van der Waals surface area contributed by atoms with Crippen LogP contribution in [0.25, 0.3) is 0 Å². The molecular weight excluding hydrogens is 230 g/mol. The average molecular weight is 257 g/mol. The van der Waals surface area contributed by atoms with Crippen molar-refractivity contribution in [1.82, 2.24) is 15.5 Å². The van der Waals surface area contributed by atoms with Crippen LogP contribution in [0, 0.1) is 5.41 Å². The van der Waals surface area contributed by atoms with Gasteiger partial charge in [0, 0.05) is 18.5 Å². The van der Waals surface area contributed by atoms with Gasteiger partial charge in [-0.15, -0.1) is 0 Å². The minimum atomic E-state index is -0.367. The monoisotopic (exact) mass is 257 g/mol. The molecule has 5 heteroatoms. The summed E-state index contributed by atoms with van der Waals surface area (Å²) in [5, 5.41) is 5.77. The molecule has 0 bridgehead atoms. The summed E-state index contributed by atoms with van der Waals surface area (Å²) in [6.07, 6.45) is 0. The zero-order chi connectivity index (χ0) is 14.3. The summed E-state index contributed by atoms with van der Waals surface area (Å²) >= 11 is 0. The number of Topliss-reactive ketones (excluding diaryl/α,β-unsaturated/α-hetero) is 1. The summed E-state index contributed by atoms with van der Waals surface area (Å²) in [6.45, 7) is 9.04. The molecular formula is C13H27N3O2. The lowest BCUT2D eigenvalue weighted by Gasteiger charge is -2.19. The molecule has 1 amide bonds. The van der Waals surface area contributed by atoms with E-state index < -0.39 is 0 Å². The van der Waals surface area contributed by atoms with Gasteiger partial charge in [-0.25, -0.2) is 0 Å². The number of nitrogens with one attached hydrogen (secondary N) is 2. The number of rotatable bonds is 7. The van der Waals surface area contributed by atoms with Crippen LogP contribution in [-0.4, -0.2) is 56.4 Å². The lowest BCUT2D eigenvalue weighted by molar-refractivity contribution is -0.126. The highest BCUT2D eigenvalue weighted by Gasteiger charge is 2.22. The van der Waals surface area contributed by atoms with E-state index in [9.17, 15) is 9.59 Å². The molecule has 0 fully saturated rings. The van der Waals surface area contributed by atoms with Crippen molar-refractivity contribution in [3.8, 4) is 0 Å². The quantitative estimate of drug-likeness (QED) is 0.687. The molecule has 0 aromatic carbocycles. The Morgan fingerprint density at radius 1 is 1.22 bits per heavy atom. The van der Waals surface area contributed by atoms with E-state index in [-0.39, 0.29) is 29.7 Å². The maximum Gasteiger partial charge on any atom is 0.236 e. The summed E-state index contributed by atoms with van der Waals surface area (Å²) < 4.78 is 0. The van der Waals surface area contributed by atoms with Crippen molar-refractivity contribution < 1.29 is 9.59 Å². The molecule has 0 aromatic heterocycles. The second-order valence-electron chi connectivity index (χ2n) is 5.87. The van der Waals surface area contributed by atoms with E-state index in [4.69, 9.17) is 0 Å². The Bertz CT molecular complexity index is 282. The van der Waals surface area contributed by atoms with Gasteiger partial charge >= 0.3 is 0 Å². The Morgan fingerprint density at radius 2 is 1.78 bits per heavy atom. The molecule has 0 aliphatic heterocycles. The Kier molecular flexibility index (Phi) is 7.09. The standard InChI is InChI=1S/C13H27N3O2/c1-10(12(18)14-7-8-16(5)6)15-9-11(17)13(2,3)4/h10,15H,7-9H2,1-6H3,(H,14,18). The number of carbonyl (C=O) groups excluding carboxylic acids is 2. The van der Waals surface area contributed by atoms with E-state index in [1.807, 2.05) is 39.8 Å². The predicted octanol–water partition coefficient (Wildman–Crippen LogP) is 0.258. The Hall–Kier alpha value is -0.940. The topological polar surface area (TPSA) is 61.4 Å². The SMILES string of the molecule is CC(NCC(=O)C(C)(C)C)C(=O)NCCN(C)C. The highest BCUT2D eigenvalue weighted by atomic mass is 16.2. The lowest BCUT2D eigenvalue weighted by atomic mass is 9.91. The second-order valence-corrected chi connectivity index (χ2v) is 5.87. The average Bonchev–Trinajstić information content (AvgIpc) is 2.23. The summed E-state index contributed by atoms with van der Waals surface area (Å²) in [5.41, 5.74) is -0.367. The Balaban J connectivity index is 3.92. The molecule has 0 heterocycles. The summed E-state index contributed by atoms with van der Waals surface area (Å²) in [7, 11) is 3.91. The van der Waals surface area contributed by atoms with Crippen molar-refractivity contribution >= 4 is 11.7 Å². The Morgan fingerprint density at radius 3 is 2.22 bits per heavy atom. The minimum Gasteiger partial charge on any atom is -0.353 e. The van der Waals surface area contributed by atoms with Crippen LogP contribution in [0.15, 0.2) is 0 Å². The van der Waals surface area contributed by atoms with Crippen molar-refractivity contribution in [1.29, 1.82) is 0 Å². The van der Waals surface area contributed by atoms with Gasteiger partial charge in [0.15, 0.2) is 5.78 Å². The van der Waals surface area contributed by atoms with Crippen molar-refractivity contribution in [3.05, 3.63) is 0 Å². The zero-order valence-corrected chi connectivity index (χ0v) is 12.5. The van der Waals surface area contributed by atoms with Crippen LogP contribution in [0.4, 0.5) is 0 Å². The zero-order valence-electron chi connectivity index (χ0n) is 12.5. The van der Waals surface area contributed by atoms with E-state index in [0.29, 0.717) is 6.54 Å². The summed E-state index contributed by atoms with van der Waals surface area (Å²) in [4.78, 5) is 25.4. The largest absolute Gasteiger partial charge is 0.353 e. The molecule has 18 heavy (non-hydrogen) atoms. The van der Waals surface area contributed by atoms with E-state index >= 15 is 0 Å². The van der Waals surface area contributed by atoms with Gasteiger partial charge in [0.1, 0.15) is 0 Å². The van der Waals surface area contributed by atoms with E-state index in [0.717, 1.165) is 6.54 Å². The highest BCUT2D eigenvalue weighted by molar-refractivity contribution is 5.87. The van der Waals surface area contributed by atoms with Crippen LogP contribution >= 0.6 is 0 Å². The molecule has 0 aromatic rings. The first-order valence-corrected chi connectivity index (χ1v) is 6.33. The number of nitrogens with zero attached hydrogens (tertiary/aromatic N) is 1. The number of hydrogen-bond donors (Lipinski definition) is 2. The minimum absolute atomic E-state index is 0.0708. The third-order valence-corrected chi connectivity index (χ3v) is 2.66. The summed E-state index contributed by atoms with van der Waals surface area (Å²) in [5.74, 6) is 0.0361. The molecule has 0 spiro atoms. The normalized spacial score (nSPS) is 13.5. The molecule has 0 saturated heterocycles. The van der Waals surface area contributed by atoms with Crippen LogP contribution in [0.5, 0.6) is 0 Å². The number of amides is 1. The van der Waals surface area contributed by atoms with E-state index in [2.05, 4.69) is 10.6 Å². The second kappa shape index (κ2) is 7.48. The molecule has 1 atom stereocenters. The van der Waals surface area contributed by atoms with E-state index in [1.54, 1.807) is 6.92 Å². The third-order valence-electron chi connectivity index (χ3n) is 2.66.